The minimum absolute atomic E-state index is 0.422. The van der Waals surface area contributed by atoms with Crippen molar-refractivity contribution < 1.29 is 0 Å². The molecule has 0 aliphatic carbocycles. The molecule has 2 nitrogen and oxygen atoms in total. The molecule has 0 aliphatic heterocycles. The van der Waals surface area contributed by atoms with Crippen LogP contribution in [-0.4, -0.2) is 18.1 Å². The van der Waals surface area contributed by atoms with Gasteiger partial charge in [-0.15, -0.1) is 11.6 Å². The highest BCUT2D eigenvalue weighted by atomic mass is 79.9. The molecule has 1 aromatic heterocycles. The molecule has 4 heteroatoms. The highest BCUT2D eigenvalue weighted by molar-refractivity contribution is 9.10. The third kappa shape index (κ3) is 2.61. The number of alkyl halides is 1. The summed E-state index contributed by atoms with van der Waals surface area (Å²) in [4.78, 5) is 6.48. The minimum atomic E-state index is 0.422. The Hall–Kier alpha value is -0.280. The van der Waals surface area contributed by atoms with Crippen molar-refractivity contribution in [3.05, 3.63) is 22.3 Å². The number of hydrogen-bond acceptors (Lipinski definition) is 2. The van der Waals surface area contributed by atoms with Gasteiger partial charge in [-0.3, -0.25) is 0 Å². The third-order valence-corrected chi connectivity index (χ3v) is 2.88. The Bertz CT molecular complexity index is 315. The monoisotopic (exact) mass is 276 g/mol. The van der Waals surface area contributed by atoms with E-state index in [2.05, 4.69) is 39.7 Å². The van der Waals surface area contributed by atoms with Crippen molar-refractivity contribution in [1.82, 2.24) is 4.98 Å². The van der Waals surface area contributed by atoms with Gasteiger partial charge < -0.3 is 4.90 Å². The van der Waals surface area contributed by atoms with Crippen molar-refractivity contribution in [3.8, 4) is 0 Å². The highest BCUT2D eigenvalue weighted by Gasteiger charge is 2.11. The number of hydrogen-bond donors (Lipinski definition) is 0. The summed E-state index contributed by atoms with van der Waals surface area (Å²) in [5.41, 5.74) is 1.05. The number of halogens is 2. The largest absolute Gasteiger partial charge is 0.357 e. The van der Waals surface area contributed by atoms with E-state index in [0.29, 0.717) is 11.9 Å². The van der Waals surface area contributed by atoms with Crippen molar-refractivity contribution in [1.29, 1.82) is 0 Å². The Balaban J connectivity index is 3.07. The molecule has 1 heterocycles. The van der Waals surface area contributed by atoms with E-state index >= 15 is 0 Å². The zero-order valence-corrected chi connectivity index (χ0v) is 10.9. The number of rotatable bonds is 3. The second kappa shape index (κ2) is 4.99. The van der Waals surface area contributed by atoms with E-state index in [-0.39, 0.29) is 0 Å². The van der Waals surface area contributed by atoms with E-state index in [1.165, 1.54) is 0 Å². The van der Waals surface area contributed by atoms with E-state index in [4.69, 9.17) is 11.6 Å². The lowest BCUT2D eigenvalue weighted by Gasteiger charge is -2.24. The smallest absolute Gasteiger partial charge is 0.132 e. The molecule has 0 atom stereocenters. The van der Waals surface area contributed by atoms with Crippen LogP contribution in [0.5, 0.6) is 0 Å². The van der Waals surface area contributed by atoms with Crippen molar-refractivity contribution in [2.75, 3.05) is 11.9 Å². The molecular formula is C10H14BrClN2. The zero-order valence-electron chi connectivity index (χ0n) is 8.59. The summed E-state index contributed by atoms with van der Waals surface area (Å²) in [6, 6.07) is 2.43. The molecular weight excluding hydrogens is 263 g/mol. The minimum Gasteiger partial charge on any atom is -0.357 e. The van der Waals surface area contributed by atoms with Crippen LogP contribution in [0.4, 0.5) is 5.82 Å². The number of anilines is 1. The van der Waals surface area contributed by atoms with Gasteiger partial charge in [0.1, 0.15) is 5.82 Å². The van der Waals surface area contributed by atoms with Crippen LogP contribution in [0, 0.1) is 0 Å². The lowest BCUT2D eigenvalue weighted by atomic mass is 10.2. The molecule has 1 aromatic rings. The first-order valence-electron chi connectivity index (χ1n) is 4.49. The molecule has 0 bridgehead atoms. The van der Waals surface area contributed by atoms with Crippen LogP contribution < -0.4 is 4.90 Å². The molecule has 0 amide bonds. The molecule has 0 saturated heterocycles. The summed E-state index contributed by atoms with van der Waals surface area (Å²) in [6.45, 7) is 4.25. The summed E-state index contributed by atoms with van der Waals surface area (Å²) >= 11 is 9.25. The molecule has 1 rings (SSSR count). The van der Waals surface area contributed by atoms with Crippen LogP contribution in [0.3, 0.4) is 0 Å². The zero-order chi connectivity index (χ0) is 10.7. The lowest BCUT2D eigenvalue weighted by molar-refractivity contribution is 0.739. The molecule has 0 unspecified atom stereocenters. The molecule has 14 heavy (non-hydrogen) atoms. The number of pyridine rings is 1. The quantitative estimate of drug-likeness (QED) is 0.787. The fraction of sp³-hybridized carbons (Fsp3) is 0.500. The molecule has 0 radical (unpaired) electrons. The van der Waals surface area contributed by atoms with Crippen molar-refractivity contribution in [2.24, 2.45) is 0 Å². The van der Waals surface area contributed by atoms with Gasteiger partial charge in [-0.2, -0.15) is 0 Å². The molecule has 0 aliphatic rings. The van der Waals surface area contributed by atoms with Crippen LogP contribution in [0.2, 0.25) is 0 Å². The molecule has 78 valence electrons. The Morgan fingerprint density at radius 2 is 2.21 bits per heavy atom. The third-order valence-electron chi connectivity index (χ3n) is 2.16. The normalized spacial score (nSPS) is 10.7. The fourth-order valence-corrected chi connectivity index (χ4v) is 1.71. The summed E-state index contributed by atoms with van der Waals surface area (Å²) < 4.78 is 0.967. The Kier molecular flexibility index (Phi) is 4.20. The number of aromatic nitrogens is 1. The van der Waals surface area contributed by atoms with Gasteiger partial charge in [-0.05, 0) is 35.8 Å². The average Bonchev–Trinajstić information content (AvgIpc) is 2.16. The molecule has 0 N–H and O–H groups in total. The van der Waals surface area contributed by atoms with Gasteiger partial charge >= 0.3 is 0 Å². The molecule has 0 saturated carbocycles. The molecule has 0 spiro atoms. The highest BCUT2D eigenvalue weighted by Crippen LogP contribution is 2.23. The number of nitrogens with zero attached hydrogens (tertiary/aromatic N) is 2. The van der Waals surface area contributed by atoms with E-state index < -0.39 is 0 Å². The van der Waals surface area contributed by atoms with Crippen LogP contribution in [0.15, 0.2) is 16.7 Å². The van der Waals surface area contributed by atoms with E-state index in [9.17, 15) is 0 Å². The maximum atomic E-state index is 5.87. The first kappa shape index (κ1) is 11.8. The van der Waals surface area contributed by atoms with Crippen LogP contribution >= 0.6 is 27.5 Å². The van der Waals surface area contributed by atoms with Gasteiger partial charge in [-0.1, -0.05) is 0 Å². The predicted molar refractivity (Wildman–Crippen MR) is 65.0 cm³/mol. The van der Waals surface area contributed by atoms with Crippen LogP contribution in [0.25, 0.3) is 0 Å². The maximum absolute atomic E-state index is 5.87. The first-order valence-corrected chi connectivity index (χ1v) is 5.82. The van der Waals surface area contributed by atoms with Gasteiger partial charge in [0.25, 0.3) is 0 Å². The van der Waals surface area contributed by atoms with Crippen LogP contribution in [0.1, 0.15) is 19.4 Å². The van der Waals surface area contributed by atoms with Crippen molar-refractivity contribution in [2.45, 2.75) is 25.8 Å². The summed E-state index contributed by atoms with van der Waals surface area (Å²) in [5.74, 6) is 1.44. The lowest BCUT2D eigenvalue weighted by Crippen LogP contribution is -2.27. The van der Waals surface area contributed by atoms with E-state index in [1.807, 2.05) is 13.1 Å². The summed E-state index contributed by atoms with van der Waals surface area (Å²) in [6.07, 6.45) is 1.80. The second-order valence-electron chi connectivity index (χ2n) is 3.47. The van der Waals surface area contributed by atoms with Crippen molar-refractivity contribution >= 4 is 33.3 Å². The SMILES string of the molecule is CC(C)N(C)c1ncc(Br)cc1CCl. The first-order chi connectivity index (χ1) is 6.56. The molecule has 0 fully saturated rings. The molecule has 0 aromatic carbocycles. The predicted octanol–water partition coefficient (Wildman–Crippen LogP) is 3.43. The van der Waals surface area contributed by atoms with Gasteiger partial charge in [0.2, 0.25) is 0 Å². The van der Waals surface area contributed by atoms with Gasteiger partial charge in [0.15, 0.2) is 0 Å². The van der Waals surface area contributed by atoms with Gasteiger partial charge in [0, 0.05) is 29.3 Å². The Morgan fingerprint density at radius 1 is 1.57 bits per heavy atom. The average molecular weight is 278 g/mol. The van der Waals surface area contributed by atoms with Crippen LogP contribution in [-0.2, 0) is 5.88 Å². The topological polar surface area (TPSA) is 16.1 Å². The standard InChI is InChI=1S/C10H14BrClN2/c1-7(2)14(3)10-8(5-12)4-9(11)6-13-10/h4,6-7H,5H2,1-3H3. The maximum Gasteiger partial charge on any atom is 0.132 e. The van der Waals surface area contributed by atoms with Gasteiger partial charge in [0.05, 0.1) is 5.88 Å². The fourth-order valence-electron chi connectivity index (χ4n) is 1.13. The summed E-state index contributed by atoms with van der Waals surface area (Å²) in [7, 11) is 2.02. The Labute approximate surface area is 98.4 Å². The van der Waals surface area contributed by atoms with Gasteiger partial charge in [-0.25, -0.2) is 4.98 Å². The van der Waals surface area contributed by atoms with E-state index in [0.717, 1.165) is 15.9 Å². The summed E-state index contributed by atoms with van der Waals surface area (Å²) in [5, 5.41) is 0. The van der Waals surface area contributed by atoms with Crippen molar-refractivity contribution in [3.63, 3.8) is 0 Å². The second-order valence-corrected chi connectivity index (χ2v) is 4.66. The Morgan fingerprint density at radius 3 is 2.71 bits per heavy atom. The van der Waals surface area contributed by atoms with E-state index in [1.54, 1.807) is 6.20 Å².